The first-order valence-corrected chi connectivity index (χ1v) is 10.3. The normalized spacial score (nSPS) is 18.5. The van der Waals surface area contributed by atoms with Crippen molar-refractivity contribution < 1.29 is 14.3 Å². The minimum atomic E-state index is -0.812. The predicted octanol–water partition coefficient (Wildman–Crippen LogP) is 5.35. The molecule has 0 saturated carbocycles. The van der Waals surface area contributed by atoms with Crippen LogP contribution in [0.2, 0.25) is 0 Å². The first kappa shape index (κ1) is 19.1. The van der Waals surface area contributed by atoms with Gasteiger partial charge in [0, 0.05) is 12.3 Å². The van der Waals surface area contributed by atoms with Gasteiger partial charge in [-0.05, 0) is 39.9 Å². The van der Waals surface area contributed by atoms with Crippen molar-refractivity contribution in [2.45, 2.75) is 19.1 Å². The Morgan fingerprint density at radius 2 is 1.55 bits per heavy atom. The minimum absolute atomic E-state index is 0.210. The minimum Gasteiger partial charge on any atom is -0.450 e. The summed E-state index contributed by atoms with van der Waals surface area (Å²) >= 11 is 0. The van der Waals surface area contributed by atoms with Gasteiger partial charge >= 0.3 is 5.97 Å². The highest BCUT2D eigenvalue weighted by atomic mass is 16.6. The number of esters is 1. The summed E-state index contributed by atoms with van der Waals surface area (Å²) < 4.78 is 5.35. The van der Waals surface area contributed by atoms with Crippen molar-refractivity contribution in [3.63, 3.8) is 0 Å². The van der Waals surface area contributed by atoms with Gasteiger partial charge in [-0.2, -0.15) is 0 Å². The van der Waals surface area contributed by atoms with Crippen LogP contribution in [0.3, 0.4) is 0 Å². The van der Waals surface area contributed by atoms with Gasteiger partial charge in [0.15, 0.2) is 0 Å². The molecular weight excluding hydrogens is 386 g/mol. The van der Waals surface area contributed by atoms with Crippen LogP contribution in [-0.4, -0.2) is 24.0 Å². The van der Waals surface area contributed by atoms with Gasteiger partial charge in [0.2, 0.25) is 6.10 Å². The van der Waals surface area contributed by atoms with Crippen molar-refractivity contribution in [2.24, 2.45) is 0 Å². The zero-order valence-electron chi connectivity index (χ0n) is 17.1. The molecule has 0 N–H and O–H groups in total. The van der Waals surface area contributed by atoms with E-state index in [1.54, 1.807) is 4.90 Å². The van der Waals surface area contributed by atoms with E-state index in [2.05, 4.69) is 24.3 Å². The van der Waals surface area contributed by atoms with Gasteiger partial charge in [0.05, 0.1) is 5.69 Å². The number of hydrogen-bond acceptors (Lipinski definition) is 3. The van der Waals surface area contributed by atoms with E-state index in [0.717, 1.165) is 32.8 Å². The van der Waals surface area contributed by atoms with Gasteiger partial charge in [-0.1, -0.05) is 78.9 Å². The largest absolute Gasteiger partial charge is 0.450 e. The highest BCUT2D eigenvalue weighted by Crippen LogP contribution is 2.37. The molecule has 4 aromatic rings. The van der Waals surface area contributed by atoms with Crippen LogP contribution >= 0.6 is 0 Å². The van der Waals surface area contributed by atoms with Crippen molar-refractivity contribution in [3.8, 4) is 0 Å². The summed E-state index contributed by atoms with van der Waals surface area (Å²) in [6, 6.07) is 27.9. The fraction of sp³-hybridized carbons (Fsp3) is 0.111. The zero-order valence-corrected chi connectivity index (χ0v) is 17.1. The third kappa shape index (κ3) is 3.46. The van der Waals surface area contributed by atoms with Gasteiger partial charge in [-0.25, -0.2) is 0 Å². The van der Waals surface area contributed by atoms with Crippen molar-refractivity contribution in [3.05, 3.63) is 96.6 Å². The smallest absolute Gasteiger partial charge is 0.303 e. The molecule has 0 unspecified atom stereocenters. The maximum Gasteiger partial charge on any atom is 0.303 e. The lowest BCUT2D eigenvalue weighted by atomic mass is 9.93. The molecule has 0 radical (unpaired) electrons. The van der Waals surface area contributed by atoms with Gasteiger partial charge in [0.25, 0.3) is 5.91 Å². The van der Waals surface area contributed by atoms with Gasteiger partial charge < -0.3 is 4.74 Å². The Kier molecular flexibility index (Phi) is 4.75. The van der Waals surface area contributed by atoms with Crippen LogP contribution in [0.25, 0.3) is 27.6 Å². The molecule has 0 aliphatic carbocycles. The Morgan fingerprint density at radius 3 is 2.29 bits per heavy atom. The van der Waals surface area contributed by atoms with Crippen LogP contribution in [0, 0.1) is 0 Å². The second kappa shape index (κ2) is 7.73. The lowest BCUT2D eigenvalue weighted by molar-refractivity contribution is -0.159. The second-order valence-corrected chi connectivity index (χ2v) is 7.70. The van der Waals surface area contributed by atoms with E-state index in [9.17, 15) is 9.59 Å². The van der Waals surface area contributed by atoms with E-state index in [4.69, 9.17) is 4.74 Å². The summed E-state index contributed by atoms with van der Waals surface area (Å²) in [5.74, 6) is -0.668. The number of ether oxygens (including phenoxy) is 1. The Balaban J connectivity index is 1.59. The number of fused-ring (bicyclic) bond motifs is 2. The quantitative estimate of drug-likeness (QED) is 0.260. The topological polar surface area (TPSA) is 46.6 Å². The molecule has 0 aromatic heterocycles. The maximum atomic E-state index is 13.0. The van der Waals surface area contributed by atoms with Gasteiger partial charge in [-0.3, -0.25) is 14.5 Å². The fourth-order valence-corrected chi connectivity index (χ4v) is 4.18. The van der Waals surface area contributed by atoms with E-state index in [-0.39, 0.29) is 11.9 Å². The molecule has 1 aliphatic rings. The third-order valence-electron chi connectivity index (χ3n) is 5.65. The second-order valence-electron chi connectivity index (χ2n) is 7.70. The molecule has 0 bridgehead atoms. The first-order chi connectivity index (χ1) is 15.1. The molecule has 152 valence electrons. The molecule has 0 spiro atoms. The van der Waals surface area contributed by atoms with Crippen molar-refractivity contribution in [1.29, 1.82) is 0 Å². The number of carbonyl (C=O) groups is 2. The Labute approximate surface area is 180 Å². The summed E-state index contributed by atoms with van der Waals surface area (Å²) in [4.78, 5) is 26.4. The molecule has 2 atom stereocenters. The van der Waals surface area contributed by atoms with E-state index in [1.807, 2.05) is 72.8 Å². The summed E-state index contributed by atoms with van der Waals surface area (Å²) in [6.07, 6.45) is 3.08. The number of hydrogen-bond donors (Lipinski definition) is 0. The van der Waals surface area contributed by atoms with Crippen LogP contribution in [0.4, 0.5) is 5.69 Å². The number of benzene rings is 4. The monoisotopic (exact) mass is 407 g/mol. The van der Waals surface area contributed by atoms with E-state index >= 15 is 0 Å². The van der Waals surface area contributed by atoms with E-state index < -0.39 is 12.1 Å². The van der Waals surface area contributed by atoms with Gasteiger partial charge in [0.1, 0.15) is 6.04 Å². The molecule has 5 rings (SSSR count). The van der Waals surface area contributed by atoms with Crippen LogP contribution in [0.15, 0.2) is 91.0 Å². The molecule has 4 nitrogen and oxygen atoms in total. The number of anilines is 1. The zero-order chi connectivity index (χ0) is 21.4. The average Bonchev–Trinajstić information content (AvgIpc) is 2.79. The SMILES string of the molecule is CC(=O)O[C@@H]1C(=O)N(c2cccc3cc4ccccc4cc23)[C@H]1/C=C/c1ccccc1. The average molecular weight is 407 g/mol. The number of rotatable bonds is 4. The lowest BCUT2D eigenvalue weighted by Crippen LogP contribution is -2.65. The van der Waals surface area contributed by atoms with Crippen molar-refractivity contribution in [2.75, 3.05) is 4.90 Å². The van der Waals surface area contributed by atoms with Crippen molar-refractivity contribution in [1.82, 2.24) is 0 Å². The van der Waals surface area contributed by atoms with Crippen LogP contribution in [0.5, 0.6) is 0 Å². The molecule has 1 heterocycles. The molecular formula is C27H21NO3. The number of nitrogens with zero attached hydrogens (tertiary/aromatic N) is 1. The summed E-state index contributed by atoms with van der Waals surface area (Å²) in [7, 11) is 0. The van der Waals surface area contributed by atoms with Crippen LogP contribution in [-0.2, 0) is 14.3 Å². The molecule has 1 saturated heterocycles. The highest BCUT2D eigenvalue weighted by molar-refractivity contribution is 6.13. The Bertz CT molecular complexity index is 1330. The first-order valence-electron chi connectivity index (χ1n) is 10.3. The number of carbonyl (C=O) groups excluding carboxylic acids is 2. The molecule has 1 fully saturated rings. The maximum absolute atomic E-state index is 13.0. The van der Waals surface area contributed by atoms with Gasteiger partial charge in [-0.15, -0.1) is 0 Å². The van der Waals surface area contributed by atoms with E-state index in [0.29, 0.717) is 0 Å². The summed E-state index contributed by atoms with van der Waals surface area (Å²) in [6.45, 7) is 1.33. The van der Waals surface area contributed by atoms with Crippen LogP contribution < -0.4 is 4.90 Å². The standard InChI is InChI=1S/C27H21NO3/c1-18(29)31-26-25(15-14-19-8-3-2-4-9-19)28(27(26)30)24-13-7-12-22-16-20-10-5-6-11-21(20)17-23(22)24/h2-17,25-26H,1H3/b15-14+/t25-,26-/m0/s1. The number of amides is 1. The van der Waals surface area contributed by atoms with Crippen molar-refractivity contribution >= 4 is 45.2 Å². The molecule has 1 amide bonds. The molecule has 1 aliphatic heterocycles. The van der Waals surface area contributed by atoms with E-state index in [1.165, 1.54) is 6.92 Å². The molecule has 31 heavy (non-hydrogen) atoms. The molecule has 4 heteroatoms. The van der Waals surface area contributed by atoms with Crippen LogP contribution in [0.1, 0.15) is 12.5 Å². The summed E-state index contributed by atoms with van der Waals surface area (Å²) in [5.41, 5.74) is 1.84. The summed E-state index contributed by atoms with van der Waals surface area (Å²) in [5, 5.41) is 4.32. The lowest BCUT2D eigenvalue weighted by Gasteiger charge is -2.45. The number of β-lactam (4-membered cyclic amide) rings is 1. The molecule has 4 aromatic carbocycles. The predicted molar refractivity (Wildman–Crippen MR) is 124 cm³/mol. The third-order valence-corrected chi connectivity index (χ3v) is 5.65. The Morgan fingerprint density at radius 1 is 0.871 bits per heavy atom. The fourth-order valence-electron chi connectivity index (χ4n) is 4.18. The highest BCUT2D eigenvalue weighted by Gasteiger charge is 2.49. The Hall–Kier alpha value is -3.92.